The van der Waals surface area contributed by atoms with Crippen LogP contribution < -0.4 is 20.9 Å². The van der Waals surface area contributed by atoms with E-state index < -0.39 is 0 Å². The number of anilines is 2. The van der Waals surface area contributed by atoms with Gasteiger partial charge in [0.1, 0.15) is 17.1 Å². The van der Waals surface area contributed by atoms with Crippen molar-refractivity contribution in [2.45, 2.75) is 20.3 Å². The summed E-state index contributed by atoms with van der Waals surface area (Å²) < 4.78 is 7.50. The first-order chi connectivity index (χ1) is 16.0. The van der Waals surface area contributed by atoms with E-state index in [1.807, 2.05) is 62.4 Å². The highest BCUT2D eigenvalue weighted by Crippen LogP contribution is 2.31. The monoisotopic (exact) mass is 445 g/mol. The normalized spacial score (nSPS) is 11.6. The summed E-state index contributed by atoms with van der Waals surface area (Å²) >= 11 is 0. The Balaban J connectivity index is 1.73. The molecule has 0 atom stereocenters. The first-order valence-corrected chi connectivity index (χ1v) is 10.8. The lowest BCUT2D eigenvalue weighted by molar-refractivity contribution is 0.318. The van der Waals surface area contributed by atoms with Crippen LogP contribution in [-0.2, 0) is 7.05 Å². The number of hydrogen-bond acceptors (Lipinski definition) is 5. The molecular formula is C24H27N7O2. The number of H-pyrrole nitrogens is 1. The lowest BCUT2D eigenvalue weighted by Gasteiger charge is -2.15. The quantitative estimate of drug-likeness (QED) is 0.306. The molecule has 0 saturated heterocycles. The Labute approximate surface area is 191 Å². The van der Waals surface area contributed by atoms with Crippen LogP contribution in [0.3, 0.4) is 0 Å². The van der Waals surface area contributed by atoms with Gasteiger partial charge in [0, 0.05) is 25.5 Å². The van der Waals surface area contributed by atoms with E-state index in [-0.39, 0.29) is 5.56 Å². The van der Waals surface area contributed by atoms with Crippen molar-refractivity contribution in [3.63, 3.8) is 0 Å². The van der Waals surface area contributed by atoms with E-state index >= 15 is 0 Å². The molecule has 9 heteroatoms. The molecule has 0 aliphatic carbocycles. The maximum atomic E-state index is 12.8. The van der Waals surface area contributed by atoms with Gasteiger partial charge in [-0.1, -0.05) is 25.1 Å². The third-order valence-corrected chi connectivity index (χ3v) is 5.08. The van der Waals surface area contributed by atoms with E-state index in [1.54, 1.807) is 18.8 Å². The van der Waals surface area contributed by atoms with Crippen molar-refractivity contribution >= 4 is 28.4 Å². The van der Waals surface area contributed by atoms with Crippen molar-refractivity contribution in [2.75, 3.05) is 24.3 Å². The summed E-state index contributed by atoms with van der Waals surface area (Å²) in [5, 5.41) is 10.9. The van der Waals surface area contributed by atoms with Crippen molar-refractivity contribution in [1.82, 2.24) is 19.7 Å². The van der Waals surface area contributed by atoms with Crippen LogP contribution in [0.4, 0.5) is 11.4 Å². The highest BCUT2D eigenvalue weighted by Gasteiger charge is 2.17. The Kier molecular flexibility index (Phi) is 6.39. The molecule has 3 N–H and O–H groups in total. The number of guanidine groups is 1. The number of aromatic amines is 1. The van der Waals surface area contributed by atoms with Crippen molar-refractivity contribution in [3.8, 4) is 17.1 Å². The molecule has 4 aromatic rings. The highest BCUT2D eigenvalue weighted by atomic mass is 16.5. The van der Waals surface area contributed by atoms with Gasteiger partial charge in [0.2, 0.25) is 0 Å². The van der Waals surface area contributed by atoms with Gasteiger partial charge in [0.25, 0.3) is 5.56 Å². The molecule has 0 aliphatic heterocycles. The Bertz CT molecular complexity index is 1360. The average molecular weight is 446 g/mol. The summed E-state index contributed by atoms with van der Waals surface area (Å²) in [6, 6.07) is 15.4. The summed E-state index contributed by atoms with van der Waals surface area (Å²) in [6.07, 6.45) is 0.859. The summed E-state index contributed by atoms with van der Waals surface area (Å²) in [4.78, 5) is 24.7. The van der Waals surface area contributed by atoms with Gasteiger partial charge in [-0.25, -0.2) is 4.98 Å². The van der Waals surface area contributed by atoms with Crippen molar-refractivity contribution in [2.24, 2.45) is 12.0 Å². The molecule has 33 heavy (non-hydrogen) atoms. The van der Waals surface area contributed by atoms with Crippen molar-refractivity contribution in [3.05, 3.63) is 64.6 Å². The maximum Gasteiger partial charge on any atom is 0.277 e. The number of aromatic nitrogens is 4. The van der Waals surface area contributed by atoms with Gasteiger partial charge in [-0.3, -0.25) is 14.5 Å². The number of hydrogen-bond donors (Lipinski definition) is 3. The number of para-hydroxylation sites is 1. The Morgan fingerprint density at radius 1 is 1.15 bits per heavy atom. The van der Waals surface area contributed by atoms with E-state index in [1.165, 1.54) is 0 Å². The van der Waals surface area contributed by atoms with Gasteiger partial charge in [-0.05, 0) is 43.7 Å². The Morgan fingerprint density at radius 2 is 1.91 bits per heavy atom. The van der Waals surface area contributed by atoms with E-state index in [4.69, 9.17) is 9.72 Å². The number of fused-ring (bicyclic) bond motifs is 1. The molecule has 2 heterocycles. The topological polar surface area (TPSA) is 109 Å². The van der Waals surface area contributed by atoms with E-state index in [2.05, 4.69) is 25.7 Å². The third-order valence-electron chi connectivity index (χ3n) is 5.08. The fraction of sp³-hybridized carbons (Fsp3) is 0.250. The number of aryl methyl sites for hydroxylation is 2. The van der Waals surface area contributed by atoms with Crippen LogP contribution in [0, 0.1) is 6.92 Å². The predicted octanol–water partition coefficient (Wildman–Crippen LogP) is 3.93. The number of nitrogens with one attached hydrogen (secondary N) is 3. The Morgan fingerprint density at radius 3 is 2.64 bits per heavy atom. The largest absolute Gasteiger partial charge is 0.493 e. The molecule has 2 aromatic heterocycles. The van der Waals surface area contributed by atoms with Crippen LogP contribution in [0.1, 0.15) is 19.0 Å². The second-order valence-electron chi connectivity index (χ2n) is 7.57. The summed E-state index contributed by atoms with van der Waals surface area (Å²) in [5.41, 5.74) is 3.80. The minimum Gasteiger partial charge on any atom is -0.493 e. The minimum atomic E-state index is -0.251. The van der Waals surface area contributed by atoms with Crippen LogP contribution in [0.15, 0.2) is 58.3 Å². The fourth-order valence-electron chi connectivity index (χ4n) is 3.54. The molecular weight excluding hydrogens is 418 g/mol. The summed E-state index contributed by atoms with van der Waals surface area (Å²) in [7, 11) is 3.44. The molecule has 2 aromatic carbocycles. The van der Waals surface area contributed by atoms with Crippen LogP contribution in [-0.4, -0.2) is 39.4 Å². The first kappa shape index (κ1) is 22.1. The molecule has 0 amide bonds. The molecule has 4 rings (SSSR count). The second kappa shape index (κ2) is 9.56. The van der Waals surface area contributed by atoms with Gasteiger partial charge < -0.3 is 20.4 Å². The molecule has 0 radical (unpaired) electrons. The maximum absolute atomic E-state index is 12.8. The Hall–Kier alpha value is -4.14. The van der Waals surface area contributed by atoms with Crippen LogP contribution >= 0.6 is 0 Å². The van der Waals surface area contributed by atoms with Gasteiger partial charge in [0.15, 0.2) is 11.5 Å². The van der Waals surface area contributed by atoms with Gasteiger partial charge in [0.05, 0.1) is 17.9 Å². The average Bonchev–Trinajstić information content (AvgIpc) is 3.11. The lowest BCUT2D eigenvalue weighted by Crippen LogP contribution is -2.22. The molecule has 0 unspecified atom stereocenters. The molecule has 0 aliphatic rings. The summed E-state index contributed by atoms with van der Waals surface area (Å²) in [5.74, 6) is 1.64. The predicted molar refractivity (Wildman–Crippen MR) is 132 cm³/mol. The zero-order valence-corrected chi connectivity index (χ0v) is 19.1. The molecule has 0 spiro atoms. The van der Waals surface area contributed by atoms with Crippen LogP contribution in [0.5, 0.6) is 5.75 Å². The van der Waals surface area contributed by atoms with Crippen molar-refractivity contribution < 1.29 is 4.74 Å². The number of ether oxygens (including phenoxy) is 1. The standard InChI is InChI=1S/C24H27N7O2/c1-5-13-33-19-12-11-17(27-24(25-3)26-16-9-7-6-8-10-16)14-18(19)22-28-20-15(2)30-31(4)21(20)23(32)29-22/h6-12,14H,5,13H2,1-4H3,(H2,25,26,27)(H,28,29,32). The molecule has 170 valence electrons. The van der Waals surface area contributed by atoms with Gasteiger partial charge in [-0.15, -0.1) is 0 Å². The third kappa shape index (κ3) is 4.72. The zero-order valence-electron chi connectivity index (χ0n) is 19.1. The smallest absolute Gasteiger partial charge is 0.277 e. The highest BCUT2D eigenvalue weighted by molar-refractivity contribution is 6.03. The first-order valence-electron chi connectivity index (χ1n) is 10.8. The zero-order chi connectivity index (χ0) is 23.4. The SMILES string of the molecule is CCCOc1ccc(NC(=NC)Nc2ccccc2)cc1-c1nc2c(C)nn(C)c2c(=O)[nH]1. The van der Waals surface area contributed by atoms with E-state index in [0.717, 1.165) is 17.8 Å². The van der Waals surface area contributed by atoms with Crippen molar-refractivity contribution in [1.29, 1.82) is 0 Å². The van der Waals surface area contributed by atoms with Gasteiger partial charge in [-0.2, -0.15) is 5.10 Å². The van der Waals surface area contributed by atoms with Gasteiger partial charge >= 0.3 is 0 Å². The molecule has 0 bridgehead atoms. The van der Waals surface area contributed by atoms with Crippen LogP contribution in [0.2, 0.25) is 0 Å². The van der Waals surface area contributed by atoms with E-state index in [9.17, 15) is 4.79 Å². The lowest BCUT2D eigenvalue weighted by atomic mass is 10.1. The number of aliphatic imine (C=N–C) groups is 1. The second-order valence-corrected chi connectivity index (χ2v) is 7.57. The van der Waals surface area contributed by atoms with Crippen LogP contribution in [0.25, 0.3) is 22.4 Å². The molecule has 9 nitrogen and oxygen atoms in total. The molecule has 0 saturated carbocycles. The van der Waals surface area contributed by atoms with E-state index in [0.29, 0.717) is 46.4 Å². The number of rotatable bonds is 6. The molecule has 0 fully saturated rings. The summed E-state index contributed by atoms with van der Waals surface area (Å²) in [6.45, 7) is 4.43. The minimum absolute atomic E-state index is 0.251. The fourth-order valence-corrected chi connectivity index (χ4v) is 3.54. The number of nitrogens with zero attached hydrogens (tertiary/aromatic N) is 4. The number of benzene rings is 2.